The van der Waals surface area contributed by atoms with Crippen molar-refractivity contribution in [1.82, 2.24) is 19.6 Å². The summed E-state index contributed by atoms with van der Waals surface area (Å²) in [6.07, 6.45) is 0. The highest BCUT2D eigenvalue weighted by Gasteiger charge is 2.20. The number of benzene rings is 2. The zero-order valence-corrected chi connectivity index (χ0v) is 16.4. The summed E-state index contributed by atoms with van der Waals surface area (Å²) in [6, 6.07) is 18.8. The molecule has 0 radical (unpaired) electrons. The quantitative estimate of drug-likeness (QED) is 0.563. The van der Waals surface area contributed by atoms with Gasteiger partial charge >= 0.3 is 0 Å². The van der Waals surface area contributed by atoms with Crippen LogP contribution in [0.15, 0.2) is 65.5 Å². The molecule has 0 atom stereocenters. The van der Waals surface area contributed by atoms with Crippen LogP contribution in [0.3, 0.4) is 0 Å². The Kier molecular flexibility index (Phi) is 4.64. The number of anilines is 1. The molecule has 0 saturated carbocycles. The Hall–Kier alpha value is -3.87. The lowest BCUT2D eigenvalue weighted by molar-refractivity contribution is 0.102. The first kappa shape index (κ1) is 18.5. The predicted octanol–water partition coefficient (Wildman–Crippen LogP) is 3.44. The number of aromatic nitrogens is 4. The summed E-state index contributed by atoms with van der Waals surface area (Å²) in [5.41, 5.74) is 4.36. The third-order valence-electron chi connectivity index (χ3n) is 4.96. The third-order valence-corrected chi connectivity index (χ3v) is 4.96. The van der Waals surface area contributed by atoms with Gasteiger partial charge in [-0.3, -0.25) is 19.4 Å². The number of aryl methyl sites for hydroxylation is 1. The number of nitrogens with one attached hydrogen (secondary N) is 2. The van der Waals surface area contributed by atoms with Gasteiger partial charge in [0, 0.05) is 12.6 Å². The molecule has 0 saturated heterocycles. The molecule has 0 unspecified atom stereocenters. The van der Waals surface area contributed by atoms with Crippen LogP contribution < -0.4 is 10.9 Å². The Bertz CT molecular complexity index is 1230. The SMILES string of the molecule is Cc1ccc(-c2cc(C(=O)Nc3c(C)n(C)n(-c4ccccc4)c3=O)[nH]n2)cc1. The number of carbonyl (C=O) groups excluding carboxylic acids is 1. The summed E-state index contributed by atoms with van der Waals surface area (Å²) in [4.78, 5) is 25.7. The Balaban J connectivity index is 1.63. The Morgan fingerprint density at radius 1 is 1.03 bits per heavy atom. The molecule has 0 aliphatic heterocycles. The lowest BCUT2D eigenvalue weighted by Gasteiger charge is -2.07. The molecule has 0 aliphatic carbocycles. The third kappa shape index (κ3) is 3.38. The minimum absolute atomic E-state index is 0.243. The van der Waals surface area contributed by atoms with E-state index in [2.05, 4.69) is 15.5 Å². The molecular weight excluding hydrogens is 366 g/mol. The van der Waals surface area contributed by atoms with Gasteiger partial charge in [-0.2, -0.15) is 5.10 Å². The topological polar surface area (TPSA) is 84.7 Å². The fraction of sp³-hybridized carbons (Fsp3) is 0.136. The summed E-state index contributed by atoms with van der Waals surface area (Å²) in [5, 5.41) is 9.71. The van der Waals surface area contributed by atoms with Crippen molar-refractivity contribution in [3.63, 3.8) is 0 Å². The number of carbonyl (C=O) groups is 1. The summed E-state index contributed by atoms with van der Waals surface area (Å²) in [5.74, 6) is -0.415. The van der Waals surface area contributed by atoms with Crippen molar-refractivity contribution in [2.45, 2.75) is 13.8 Å². The van der Waals surface area contributed by atoms with E-state index < -0.39 is 5.91 Å². The van der Waals surface area contributed by atoms with Gasteiger partial charge in [0.2, 0.25) is 0 Å². The highest BCUT2D eigenvalue weighted by Crippen LogP contribution is 2.19. The molecule has 2 aromatic heterocycles. The van der Waals surface area contributed by atoms with Crippen LogP contribution in [0.2, 0.25) is 0 Å². The highest BCUT2D eigenvalue weighted by atomic mass is 16.2. The molecule has 29 heavy (non-hydrogen) atoms. The van der Waals surface area contributed by atoms with E-state index in [4.69, 9.17) is 0 Å². The van der Waals surface area contributed by atoms with E-state index in [0.29, 0.717) is 11.4 Å². The molecule has 0 fully saturated rings. The second-order valence-electron chi connectivity index (χ2n) is 6.92. The fourth-order valence-electron chi connectivity index (χ4n) is 3.20. The van der Waals surface area contributed by atoms with E-state index in [1.54, 1.807) is 24.7 Å². The molecular formula is C22H21N5O2. The van der Waals surface area contributed by atoms with Gasteiger partial charge in [-0.25, -0.2) is 4.68 Å². The van der Waals surface area contributed by atoms with Crippen LogP contribution in [-0.2, 0) is 7.05 Å². The van der Waals surface area contributed by atoms with Crippen molar-refractivity contribution in [3.05, 3.63) is 88.0 Å². The molecule has 0 aliphatic rings. The predicted molar refractivity (Wildman–Crippen MR) is 112 cm³/mol. The number of para-hydroxylation sites is 1. The molecule has 7 heteroatoms. The van der Waals surface area contributed by atoms with Gasteiger partial charge in [-0.1, -0.05) is 48.0 Å². The van der Waals surface area contributed by atoms with Gasteiger partial charge in [0.05, 0.1) is 17.1 Å². The van der Waals surface area contributed by atoms with Crippen molar-refractivity contribution in [2.24, 2.45) is 7.05 Å². The van der Waals surface area contributed by atoms with Crippen molar-refractivity contribution in [3.8, 4) is 16.9 Å². The number of aromatic amines is 1. The van der Waals surface area contributed by atoms with Gasteiger partial charge in [0.1, 0.15) is 11.4 Å². The average molecular weight is 387 g/mol. The van der Waals surface area contributed by atoms with E-state index in [9.17, 15) is 9.59 Å². The number of hydrogen-bond acceptors (Lipinski definition) is 3. The molecule has 146 valence electrons. The molecule has 4 aromatic rings. The van der Waals surface area contributed by atoms with Crippen molar-refractivity contribution >= 4 is 11.6 Å². The number of rotatable bonds is 4. The van der Waals surface area contributed by atoms with E-state index >= 15 is 0 Å². The number of H-pyrrole nitrogens is 1. The second-order valence-corrected chi connectivity index (χ2v) is 6.92. The molecule has 0 bridgehead atoms. The van der Waals surface area contributed by atoms with Crippen LogP contribution in [0.25, 0.3) is 16.9 Å². The van der Waals surface area contributed by atoms with E-state index in [-0.39, 0.29) is 16.9 Å². The molecule has 4 rings (SSSR count). The summed E-state index contributed by atoms with van der Waals surface area (Å²) in [7, 11) is 1.78. The second kappa shape index (κ2) is 7.27. The Morgan fingerprint density at radius 2 is 1.72 bits per heavy atom. The van der Waals surface area contributed by atoms with Crippen LogP contribution in [0.5, 0.6) is 0 Å². The lowest BCUT2D eigenvalue weighted by Crippen LogP contribution is -2.23. The largest absolute Gasteiger partial charge is 0.314 e. The highest BCUT2D eigenvalue weighted by molar-refractivity contribution is 6.03. The van der Waals surface area contributed by atoms with Crippen LogP contribution in [0.1, 0.15) is 21.7 Å². The first-order valence-electron chi connectivity index (χ1n) is 9.23. The summed E-state index contributed by atoms with van der Waals surface area (Å²) < 4.78 is 3.24. The smallest absolute Gasteiger partial charge is 0.295 e. The van der Waals surface area contributed by atoms with Gasteiger partial charge < -0.3 is 5.32 Å². The van der Waals surface area contributed by atoms with Crippen molar-refractivity contribution < 1.29 is 4.79 Å². The molecule has 2 N–H and O–H groups in total. The van der Waals surface area contributed by atoms with Crippen LogP contribution in [-0.4, -0.2) is 25.5 Å². The number of amides is 1. The van der Waals surface area contributed by atoms with Gasteiger partial charge in [-0.05, 0) is 32.0 Å². The van der Waals surface area contributed by atoms with Crippen molar-refractivity contribution in [1.29, 1.82) is 0 Å². The minimum atomic E-state index is -0.415. The monoisotopic (exact) mass is 387 g/mol. The van der Waals surface area contributed by atoms with Gasteiger partial charge in [0.25, 0.3) is 11.5 Å². The molecule has 2 aromatic carbocycles. The summed E-state index contributed by atoms with van der Waals surface area (Å²) >= 11 is 0. The molecule has 0 spiro atoms. The first-order chi connectivity index (χ1) is 14.0. The van der Waals surface area contributed by atoms with Crippen LogP contribution in [0, 0.1) is 13.8 Å². The van der Waals surface area contributed by atoms with Gasteiger partial charge in [0.15, 0.2) is 0 Å². The maximum absolute atomic E-state index is 12.9. The van der Waals surface area contributed by atoms with Crippen LogP contribution in [0.4, 0.5) is 5.69 Å². The van der Waals surface area contributed by atoms with Crippen LogP contribution >= 0.6 is 0 Å². The van der Waals surface area contributed by atoms with E-state index in [1.807, 2.05) is 61.5 Å². The maximum Gasteiger partial charge on any atom is 0.295 e. The van der Waals surface area contributed by atoms with E-state index in [0.717, 1.165) is 16.8 Å². The van der Waals surface area contributed by atoms with E-state index in [1.165, 1.54) is 4.68 Å². The molecule has 1 amide bonds. The summed E-state index contributed by atoms with van der Waals surface area (Å²) in [6.45, 7) is 3.80. The first-order valence-corrected chi connectivity index (χ1v) is 9.23. The zero-order valence-electron chi connectivity index (χ0n) is 16.4. The van der Waals surface area contributed by atoms with Crippen molar-refractivity contribution in [2.75, 3.05) is 5.32 Å². The molecule has 7 nitrogen and oxygen atoms in total. The Morgan fingerprint density at radius 3 is 2.41 bits per heavy atom. The normalized spacial score (nSPS) is 10.9. The molecule has 2 heterocycles. The minimum Gasteiger partial charge on any atom is -0.314 e. The lowest BCUT2D eigenvalue weighted by atomic mass is 10.1. The number of nitrogens with zero attached hydrogens (tertiary/aromatic N) is 3. The number of hydrogen-bond donors (Lipinski definition) is 2. The fourth-order valence-corrected chi connectivity index (χ4v) is 3.20. The standard InChI is InChI=1S/C22H21N5O2/c1-14-9-11-16(12-10-14)18-13-19(25-24-18)21(28)23-20-15(2)26(3)27(22(20)29)17-7-5-4-6-8-17/h4-13H,1-3H3,(H,23,28)(H,24,25). The zero-order chi connectivity index (χ0) is 20.5. The maximum atomic E-state index is 12.9. The average Bonchev–Trinajstić information content (AvgIpc) is 3.29. The van der Waals surface area contributed by atoms with Gasteiger partial charge in [-0.15, -0.1) is 0 Å². The Labute approximate surface area is 167 Å².